The monoisotopic (exact) mass is 605 g/mol. The van der Waals surface area contributed by atoms with Crippen LogP contribution in [0.15, 0.2) is 48.7 Å². The Kier molecular flexibility index (Phi) is 9.35. The number of carbonyl (C=O) groups excluding carboxylic acids is 2. The van der Waals surface area contributed by atoms with Crippen LogP contribution in [0.4, 0.5) is 46.8 Å². The topological polar surface area (TPSA) is 149 Å². The van der Waals surface area contributed by atoms with Gasteiger partial charge in [0, 0.05) is 43.1 Å². The average molecular weight is 606 g/mol. The minimum atomic E-state index is -5.08. The smallest absolute Gasteiger partial charge is 0.475 e. The number of carboxylic acids is 1. The highest BCUT2D eigenvalue weighted by Gasteiger charge is 2.38. The molecule has 0 spiro atoms. The Balaban J connectivity index is 0.000000517. The maximum Gasteiger partial charge on any atom is 0.490 e. The number of carbonyl (C=O) groups is 3. The average Bonchev–Trinajstić information content (AvgIpc) is 3.39. The van der Waals surface area contributed by atoms with Gasteiger partial charge < -0.3 is 31.3 Å². The fraction of sp³-hybridized carbons (Fsp3) is 0.296. The minimum Gasteiger partial charge on any atom is -0.475 e. The number of aliphatic carboxylic acids is 1. The Labute approximate surface area is 243 Å². The Bertz CT molecular complexity index is 1490. The van der Waals surface area contributed by atoms with Gasteiger partial charge in [0.15, 0.2) is 5.82 Å². The molecule has 0 aliphatic carbocycles. The molecule has 2 aliphatic rings. The number of aromatic nitrogens is 2. The van der Waals surface area contributed by atoms with Crippen molar-refractivity contribution in [3.63, 3.8) is 0 Å². The van der Waals surface area contributed by atoms with Crippen LogP contribution in [0.1, 0.15) is 24.5 Å². The van der Waals surface area contributed by atoms with Gasteiger partial charge in [-0.3, -0.25) is 4.79 Å². The van der Waals surface area contributed by atoms with Crippen LogP contribution >= 0.6 is 11.6 Å². The number of rotatable bonds is 2. The van der Waals surface area contributed by atoms with Gasteiger partial charge >= 0.3 is 18.2 Å². The second-order valence-corrected chi connectivity index (χ2v) is 9.97. The molecular formula is C27H27ClF3N7O4. The van der Waals surface area contributed by atoms with Gasteiger partial charge in [0.2, 0.25) is 11.9 Å². The van der Waals surface area contributed by atoms with Crippen molar-refractivity contribution in [2.24, 2.45) is 0 Å². The molecule has 3 amide bonds. The van der Waals surface area contributed by atoms with Gasteiger partial charge in [-0.2, -0.15) is 18.2 Å². The summed E-state index contributed by atoms with van der Waals surface area (Å²) in [6.07, 6.45) is -1.29. The molecule has 6 bridgehead atoms. The number of nitrogens with one attached hydrogen (secondary N) is 4. The number of amides is 3. The number of aryl methyl sites for hydroxylation is 2. The summed E-state index contributed by atoms with van der Waals surface area (Å²) in [6, 6.07) is 13.5. The van der Waals surface area contributed by atoms with Crippen molar-refractivity contribution in [2.75, 3.05) is 29.0 Å². The summed E-state index contributed by atoms with van der Waals surface area (Å²) in [5, 5.41) is 20.0. The van der Waals surface area contributed by atoms with Gasteiger partial charge in [-0.1, -0.05) is 23.7 Å². The summed E-state index contributed by atoms with van der Waals surface area (Å²) in [7, 11) is 0. The standard InChI is InChI=1S/C25H26ClN7O2.C2HF3O2/c1-15(34)33-10-9-20(14-33)30-25(35)31-22-8-7-19-12-17(22)6-5-16-3-2-4-18(11-16)29-24-27-13-21(26)23(28-19)32-24;3-2(4,5)1(6)7/h2-4,7-8,11-13,20H,5-6,9-10,14H2,1H3,(H2,30,31,35)(H2,27,28,29,32);(H,6,7)/t20-;/m0./s1. The lowest BCUT2D eigenvalue weighted by molar-refractivity contribution is -0.192. The lowest BCUT2D eigenvalue weighted by Crippen LogP contribution is -2.40. The van der Waals surface area contributed by atoms with Crippen LogP contribution in [0, 0.1) is 0 Å². The van der Waals surface area contributed by atoms with Crippen LogP contribution in [0.5, 0.6) is 0 Å². The molecule has 1 fully saturated rings. The van der Waals surface area contributed by atoms with Crippen molar-refractivity contribution >= 4 is 58.3 Å². The highest BCUT2D eigenvalue weighted by molar-refractivity contribution is 6.32. The number of halogens is 4. The summed E-state index contributed by atoms with van der Waals surface area (Å²) in [5.41, 5.74) is 4.54. The predicted octanol–water partition coefficient (Wildman–Crippen LogP) is 5.09. The molecule has 5 N–H and O–H groups in total. The first-order chi connectivity index (χ1) is 19.9. The van der Waals surface area contributed by atoms with Crippen LogP contribution in [0.2, 0.25) is 5.02 Å². The van der Waals surface area contributed by atoms with Crippen molar-refractivity contribution in [1.29, 1.82) is 0 Å². The van der Waals surface area contributed by atoms with E-state index in [0.29, 0.717) is 36.3 Å². The third-order valence-electron chi connectivity index (χ3n) is 6.44. The molecule has 2 aliphatic heterocycles. The normalized spacial score (nSPS) is 15.7. The van der Waals surface area contributed by atoms with Gasteiger partial charge in [0.1, 0.15) is 5.02 Å². The van der Waals surface area contributed by atoms with E-state index in [2.05, 4.69) is 43.4 Å². The number of carboxylic acid groups (broad SMARTS) is 1. The first kappa shape index (κ1) is 30.4. The van der Waals surface area contributed by atoms with Crippen molar-refractivity contribution in [2.45, 2.75) is 38.4 Å². The quantitative estimate of drug-likeness (QED) is 0.271. The molecule has 0 saturated carbocycles. The lowest BCUT2D eigenvalue weighted by Gasteiger charge is -2.18. The maximum atomic E-state index is 12.8. The molecule has 1 aromatic heterocycles. The fourth-order valence-corrected chi connectivity index (χ4v) is 4.51. The SMILES string of the molecule is CC(=O)N1CC[C@H](NC(=O)Nc2ccc3cc2CCc2cccc(c2)Nc2ncc(Cl)c(n2)N3)C1.O=C(O)C(F)(F)F. The van der Waals surface area contributed by atoms with Gasteiger partial charge in [-0.05, 0) is 60.7 Å². The summed E-state index contributed by atoms with van der Waals surface area (Å²) in [5.74, 6) is -1.80. The zero-order chi connectivity index (χ0) is 30.4. The van der Waals surface area contributed by atoms with E-state index in [4.69, 9.17) is 21.5 Å². The highest BCUT2D eigenvalue weighted by atomic mass is 35.5. The second kappa shape index (κ2) is 12.9. The number of nitrogens with zero attached hydrogens (tertiary/aromatic N) is 3. The summed E-state index contributed by atoms with van der Waals surface area (Å²) < 4.78 is 31.7. The molecule has 5 rings (SSSR count). The molecule has 42 heavy (non-hydrogen) atoms. The van der Waals surface area contributed by atoms with Gasteiger partial charge in [-0.15, -0.1) is 0 Å². The predicted molar refractivity (Wildman–Crippen MR) is 150 cm³/mol. The molecule has 0 radical (unpaired) electrons. The molecule has 3 heterocycles. The van der Waals surface area contributed by atoms with E-state index < -0.39 is 12.1 Å². The van der Waals surface area contributed by atoms with E-state index in [1.54, 1.807) is 18.0 Å². The van der Waals surface area contributed by atoms with Crippen LogP contribution < -0.4 is 21.3 Å². The number of hydrogen-bond acceptors (Lipinski definition) is 7. The molecule has 1 saturated heterocycles. The number of fused-ring (bicyclic) bond motifs is 6. The molecule has 222 valence electrons. The van der Waals surface area contributed by atoms with Gasteiger partial charge in [0.25, 0.3) is 0 Å². The third kappa shape index (κ3) is 8.22. The Morgan fingerprint density at radius 1 is 1.10 bits per heavy atom. The number of alkyl halides is 3. The summed E-state index contributed by atoms with van der Waals surface area (Å²) in [4.78, 5) is 43.8. The summed E-state index contributed by atoms with van der Waals surface area (Å²) in [6.45, 7) is 2.74. The molecule has 1 atom stereocenters. The van der Waals surface area contributed by atoms with E-state index in [9.17, 15) is 22.8 Å². The zero-order valence-electron chi connectivity index (χ0n) is 22.3. The number of anilines is 5. The molecule has 15 heteroatoms. The third-order valence-corrected chi connectivity index (χ3v) is 6.71. The maximum absolute atomic E-state index is 12.8. The minimum absolute atomic E-state index is 0.0271. The number of urea groups is 1. The van der Waals surface area contributed by atoms with E-state index in [-0.39, 0.29) is 18.0 Å². The molecule has 11 nitrogen and oxygen atoms in total. The van der Waals surface area contributed by atoms with E-state index in [1.807, 2.05) is 30.3 Å². The molecular weight excluding hydrogens is 579 g/mol. The van der Waals surface area contributed by atoms with Crippen molar-refractivity contribution in [3.8, 4) is 0 Å². The van der Waals surface area contributed by atoms with Crippen molar-refractivity contribution < 1.29 is 32.7 Å². The zero-order valence-corrected chi connectivity index (χ0v) is 23.0. The van der Waals surface area contributed by atoms with Crippen LogP contribution in [0.3, 0.4) is 0 Å². The van der Waals surface area contributed by atoms with E-state index >= 15 is 0 Å². The first-order valence-electron chi connectivity index (χ1n) is 12.8. The fourth-order valence-electron chi connectivity index (χ4n) is 4.37. The van der Waals surface area contributed by atoms with Crippen LogP contribution in [-0.4, -0.2) is 63.2 Å². The van der Waals surface area contributed by atoms with E-state index in [0.717, 1.165) is 41.0 Å². The summed E-state index contributed by atoms with van der Waals surface area (Å²) >= 11 is 6.34. The largest absolute Gasteiger partial charge is 0.490 e. The lowest BCUT2D eigenvalue weighted by atomic mass is 10.0. The first-order valence-corrected chi connectivity index (χ1v) is 13.2. The van der Waals surface area contributed by atoms with E-state index in [1.165, 1.54) is 0 Å². The second-order valence-electron chi connectivity index (χ2n) is 9.56. The molecule has 2 aromatic carbocycles. The number of benzene rings is 2. The Morgan fingerprint density at radius 2 is 1.83 bits per heavy atom. The van der Waals surface area contributed by atoms with Crippen LogP contribution in [-0.2, 0) is 22.4 Å². The Morgan fingerprint density at radius 3 is 2.52 bits per heavy atom. The number of likely N-dealkylation sites (tertiary alicyclic amines) is 1. The van der Waals surface area contributed by atoms with Gasteiger partial charge in [-0.25, -0.2) is 14.6 Å². The van der Waals surface area contributed by atoms with Crippen molar-refractivity contribution in [3.05, 3.63) is 64.8 Å². The van der Waals surface area contributed by atoms with Crippen LogP contribution in [0.25, 0.3) is 0 Å². The number of hydrogen-bond donors (Lipinski definition) is 5. The highest BCUT2D eigenvalue weighted by Crippen LogP contribution is 2.29. The molecule has 0 unspecified atom stereocenters. The molecule has 3 aromatic rings. The van der Waals surface area contributed by atoms with Gasteiger partial charge in [0.05, 0.1) is 6.20 Å². The Hall–Kier alpha value is -4.59. The van der Waals surface area contributed by atoms with Crippen molar-refractivity contribution in [1.82, 2.24) is 20.2 Å².